The highest BCUT2D eigenvalue weighted by Crippen LogP contribution is 1.86. The summed E-state index contributed by atoms with van der Waals surface area (Å²) in [5.41, 5.74) is 0. The molecule has 0 aromatic rings. The van der Waals surface area contributed by atoms with E-state index < -0.39 is 10.4 Å². The fourth-order valence-corrected chi connectivity index (χ4v) is 0.231. The fraction of sp³-hybridized carbons (Fsp3) is 0. The van der Waals surface area contributed by atoms with Crippen LogP contribution in [0.2, 0.25) is 0 Å². The Kier molecular flexibility index (Phi) is 1.68. The SMILES string of the molecule is C=C=NS(=O)(=O)F. The third-order valence-electron chi connectivity index (χ3n) is 0.174. The van der Waals surface area contributed by atoms with E-state index in [9.17, 15) is 12.3 Å². The van der Waals surface area contributed by atoms with Crippen LogP contribution in [0.1, 0.15) is 0 Å². The predicted octanol–water partition coefficient (Wildman–Crippen LogP) is 0.0564. The van der Waals surface area contributed by atoms with Crippen molar-refractivity contribution in [2.75, 3.05) is 0 Å². The molecule has 3 nitrogen and oxygen atoms in total. The van der Waals surface area contributed by atoms with Gasteiger partial charge in [-0.25, -0.2) is 0 Å². The van der Waals surface area contributed by atoms with Gasteiger partial charge in [-0.05, 0) is 12.4 Å². The van der Waals surface area contributed by atoms with Crippen LogP contribution < -0.4 is 0 Å². The number of hydrogen-bond acceptors (Lipinski definition) is 2. The molecule has 0 bridgehead atoms. The molecule has 0 aliphatic heterocycles. The minimum Gasteiger partial charge on any atom is -0.169 e. The van der Waals surface area contributed by atoms with E-state index in [1.165, 1.54) is 5.87 Å². The Morgan fingerprint density at radius 2 is 2.14 bits per heavy atom. The van der Waals surface area contributed by atoms with Crippen molar-refractivity contribution in [2.45, 2.75) is 0 Å². The van der Waals surface area contributed by atoms with Crippen LogP contribution in [0.25, 0.3) is 0 Å². The number of halogens is 1. The largest absolute Gasteiger partial charge is 0.425 e. The van der Waals surface area contributed by atoms with Gasteiger partial charge >= 0.3 is 10.4 Å². The zero-order valence-electron chi connectivity index (χ0n) is 3.26. The molecule has 0 radical (unpaired) electrons. The Morgan fingerprint density at radius 1 is 1.71 bits per heavy atom. The first-order valence-electron chi connectivity index (χ1n) is 1.25. The average molecular weight is 123 g/mol. The zero-order valence-corrected chi connectivity index (χ0v) is 4.07. The molecule has 0 unspecified atom stereocenters. The average Bonchev–Trinajstić information content (AvgIpc) is 1.30. The van der Waals surface area contributed by atoms with Crippen molar-refractivity contribution in [3.8, 4) is 0 Å². The van der Waals surface area contributed by atoms with Gasteiger partial charge in [0.15, 0.2) is 0 Å². The van der Waals surface area contributed by atoms with Crippen molar-refractivity contribution in [1.29, 1.82) is 0 Å². The van der Waals surface area contributed by atoms with Crippen molar-refractivity contribution >= 4 is 16.3 Å². The Hall–Kier alpha value is -0.670. The molecule has 40 valence electrons. The molecule has 0 aromatic carbocycles. The van der Waals surface area contributed by atoms with E-state index in [0.717, 1.165) is 0 Å². The minimum absolute atomic E-state index is 1.52. The normalized spacial score (nSPS) is 9.86. The molecule has 0 rings (SSSR count). The molecule has 0 saturated carbocycles. The molecule has 0 aliphatic carbocycles. The van der Waals surface area contributed by atoms with Crippen LogP contribution in [-0.4, -0.2) is 14.3 Å². The summed E-state index contributed by atoms with van der Waals surface area (Å²) < 4.78 is 31.9. The molecule has 0 aromatic heterocycles. The van der Waals surface area contributed by atoms with Crippen LogP contribution in [0.15, 0.2) is 11.0 Å². The molecule has 7 heavy (non-hydrogen) atoms. The van der Waals surface area contributed by atoms with Gasteiger partial charge in [-0.2, -0.15) is 8.42 Å². The summed E-state index contributed by atoms with van der Waals surface area (Å²) in [5, 5.41) is 0. The molecule has 0 spiro atoms. The van der Waals surface area contributed by atoms with Crippen LogP contribution in [0.3, 0.4) is 0 Å². The van der Waals surface area contributed by atoms with Gasteiger partial charge in [0.05, 0.1) is 0 Å². The molecular weight excluding hydrogens is 121 g/mol. The Balaban J connectivity index is 4.44. The van der Waals surface area contributed by atoms with Crippen LogP contribution in [0.5, 0.6) is 0 Å². The standard InChI is InChI=1S/C2H2FNO2S/c1-2-4-7(3,5)6/h1H2. The monoisotopic (exact) mass is 123 g/mol. The third kappa shape index (κ3) is 5.33. The van der Waals surface area contributed by atoms with Gasteiger partial charge in [0, 0.05) is 0 Å². The second-order valence-electron chi connectivity index (χ2n) is 0.662. The summed E-state index contributed by atoms with van der Waals surface area (Å²) >= 11 is 0. The Bertz CT molecular complexity index is 188. The van der Waals surface area contributed by atoms with E-state index in [1.54, 1.807) is 0 Å². The zero-order chi connectivity index (χ0) is 5.91. The van der Waals surface area contributed by atoms with E-state index in [4.69, 9.17) is 0 Å². The minimum atomic E-state index is -4.72. The Morgan fingerprint density at radius 3 is 2.14 bits per heavy atom. The molecule has 0 fully saturated rings. The maximum atomic E-state index is 11.1. The number of rotatable bonds is 1. The van der Waals surface area contributed by atoms with Crippen LogP contribution in [-0.2, 0) is 10.4 Å². The highest BCUT2D eigenvalue weighted by molar-refractivity contribution is 7.85. The fourth-order valence-electron chi connectivity index (χ4n) is 0.0771. The van der Waals surface area contributed by atoms with Crippen molar-refractivity contribution in [3.63, 3.8) is 0 Å². The highest BCUT2D eigenvalue weighted by Gasteiger charge is 1.96. The van der Waals surface area contributed by atoms with Gasteiger partial charge in [0.1, 0.15) is 0 Å². The van der Waals surface area contributed by atoms with Crippen molar-refractivity contribution in [2.24, 2.45) is 4.40 Å². The van der Waals surface area contributed by atoms with E-state index >= 15 is 0 Å². The molecule has 0 N–H and O–H groups in total. The molecular formula is C2H2FNO2S. The quantitative estimate of drug-likeness (QED) is 0.365. The maximum Gasteiger partial charge on any atom is 0.425 e. The van der Waals surface area contributed by atoms with E-state index in [1.807, 2.05) is 0 Å². The van der Waals surface area contributed by atoms with Gasteiger partial charge in [-0.3, -0.25) is 0 Å². The highest BCUT2D eigenvalue weighted by atomic mass is 32.3. The van der Waals surface area contributed by atoms with Crippen molar-refractivity contribution in [3.05, 3.63) is 6.58 Å². The Labute approximate surface area is 40.5 Å². The van der Waals surface area contributed by atoms with Crippen LogP contribution in [0.4, 0.5) is 3.89 Å². The first-order chi connectivity index (χ1) is 3.06. The van der Waals surface area contributed by atoms with Crippen LogP contribution >= 0.6 is 0 Å². The molecule has 0 atom stereocenters. The number of nitrogens with zero attached hydrogens (tertiary/aromatic N) is 1. The summed E-state index contributed by atoms with van der Waals surface area (Å²) in [7, 11) is -4.72. The lowest BCUT2D eigenvalue weighted by Crippen LogP contribution is -1.78. The van der Waals surface area contributed by atoms with Gasteiger partial charge in [0.25, 0.3) is 0 Å². The molecule has 5 heteroatoms. The maximum absolute atomic E-state index is 11.1. The summed E-state index contributed by atoms with van der Waals surface area (Å²) in [6.45, 7) is 2.74. The summed E-state index contributed by atoms with van der Waals surface area (Å²) in [6.07, 6.45) is 0. The van der Waals surface area contributed by atoms with Gasteiger partial charge in [0.2, 0.25) is 0 Å². The van der Waals surface area contributed by atoms with E-state index in [2.05, 4.69) is 11.0 Å². The molecule has 0 saturated heterocycles. The number of hydrogen-bond donors (Lipinski definition) is 0. The lowest BCUT2D eigenvalue weighted by atomic mass is 11.2. The van der Waals surface area contributed by atoms with E-state index in [-0.39, 0.29) is 0 Å². The van der Waals surface area contributed by atoms with Crippen molar-refractivity contribution in [1.82, 2.24) is 0 Å². The summed E-state index contributed by atoms with van der Waals surface area (Å²) in [5.74, 6) is 1.52. The lowest BCUT2D eigenvalue weighted by molar-refractivity contribution is 0.554. The smallest absolute Gasteiger partial charge is 0.169 e. The molecule has 0 amide bonds. The first-order valence-corrected chi connectivity index (χ1v) is 2.59. The summed E-state index contributed by atoms with van der Waals surface area (Å²) in [6, 6.07) is 0. The second kappa shape index (κ2) is 1.86. The first kappa shape index (κ1) is 6.33. The topological polar surface area (TPSA) is 46.5 Å². The van der Waals surface area contributed by atoms with Gasteiger partial charge in [-0.1, -0.05) is 8.28 Å². The lowest BCUT2D eigenvalue weighted by Gasteiger charge is -1.68. The third-order valence-corrected chi connectivity index (χ3v) is 0.521. The van der Waals surface area contributed by atoms with Crippen molar-refractivity contribution < 1.29 is 12.3 Å². The summed E-state index contributed by atoms with van der Waals surface area (Å²) in [4.78, 5) is 0. The van der Waals surface area contributed by atoms with E-state index in [0.29, 0.717) is 0 Å². The van der Waals surface area contributed by atoms with Gasteiger partial charge < -0.3 is 0 Å². The molecule has 0 heterocycles. The predicted molar refractivity (Wildman–Crippen MR) is 23.1 cm³/mol. The second-order valence-corrected chi connectivity index (χ2v) is 1.67. The van der Waals surface area contributed by atoms with Gasteiger partial charge in [-0.15, -0.1) is 0 Å². The van der Waals surface area contributed by atoms with Crippen LogP contribution in [0, 0.1) is 0 Å². The molecule has 0 aliphatic rings.